The topological polar surface area (TPSA) is 95.6 Å². The molecule has 0 rings (SSSR count). The molecule has 5 nitrogen and oxygen atoms in total. The SMILES string of the molecule is CCCCCCCCCCC(O)CNCCCC[C@H](N)C(=O)O.Cl. The lowest BCUT2D eigenvalue weighted by Crippen LogP contribution is -2.30. The second-order valence-electron chi connectivity index (χ2n) is 6.56. The van der Waals surface area contributed by atoms with Crippen LogP contribution >= 0.6 is 12.4 Å². The summed E-state index contributed by atoms with van der Waals surface area (Å²) in [5, 5.41) is 21.8. The molecular weight excluding hydrogens is 328 g/mol. The average Bonchev–Trinajstić information content (AvgIpc) is 2.52. The molecule has 0 aliphatic rings. The lowest BCUT2D eigenvalue weighted by Gasteiger charge is -2.12. The molecule has 0 bridgehead atoms. The number of nitrogens with one attached hydrogen (secondary N) is 1. The van der Waals surface area contributed by atoms with E-state index in [4.69, 9.17) is 10.8 Å². The normalized spacial score (nSPS) is 13.3. The quantitative estimate of drug-likeness (QED) is 0.295. The van der Waals surface area contributed by atoms with E-state index in [1.54, 1.807) is 0 Å². The Morgan fingerprint density at radius 3 is 2.08 bits per heavy atom. The maximum Gasteiger partial charge on any atom is 0.320 e. The van der Waals surface area contributed by atoms with Gasteiger partial charge in [0.25, 0.3) is 0 Å². The van der Waals surface area contributed by atoms with Crippen LogP contribution in [0.3, 0.4) is 0 Å². The Labute approximate surface area is 154 Å². The van der Waals surface area contributed by atoms with Crippen LogP contribution in [0.2, 0.25) is 0 Å². The molecule has 0 saturated carbocycles. The molecule has 24 heavy (non-hydrogen) atoms. The van der Waals surface area contributed by atoms with E-state index < -0.39 is 12.0 Å². The van der Waals surface area contributed by atoms with Crippen LogP contribution in [0.1, 0.15) is 84.0 Å². The van der Waals surface area contributed by atoms with Crippen LogP contribution < -0.4 is 11.1 Å². The number of aliphatic carboxylic acids is 1. The third-order valence-electron chi connectivity index (χ3n) is 4.21. The van der Waals surface area contributed by atoms with E-state index in [1.807, 2.05) is 0 Å². The van der Waals surface area contributed by atoms with Gasteiger partial charge in [-0.2, -0.15) is 0 Å². The van der Waals surface area contributed by atoms with E-state index in [0.717, 1.165) is 32.2 Å². The smallest absolute Gasteiger partial charge is 0.320 e. The first-order valence-corrected chi connectivity index (χ1v) is 9.45. The van der Waals surface area contributed by atoms with Gasteiger partial charge in [0.15, 0.2) is 0 Å². The van der Waals surface area contributed by atoms with Crippen LogP contribution in [0.15, 0.2) is 0 Å². The Morgan fingerprint density at radius 1 is 0.958 bits per heavy atom. The number of halogens is 1. The van der Waals surface area contributed by atoms with E-state index in [2.05, 4.69) is 12.2 Å². The zero-order valence-electron chi connectivity index (χ0n) is 15.3. The van der Waals surface area contributed by atoms with Gasteiger partial charge in [-0.3, -0.25) is 4.79 Å². The molecule has 0 aliphatic carbocycles. The number of nitrogens with two attached hydrogens (primary N) is 1. The van der Waals surface area contributed by atoms with E-state index >= 15 is 0 Å². The molecule has 0 heterocycles. The predicted octanol–water partition coefficient (Wildman–Crippen LogP) is 3.47. The van der Waals surface area contributed by atoms with Gasteiger partial charge in [0.05, 0.1) is 6.10 Å². The Hall–Kier alpha value is -0.360. The molecule has 0 aromatic heterocycles. The van der Waals surface area contributed by atoms with Crippen LogP contribution in [-0.2, 0) is 4.79 Å². The van der Waals surface area contributed by atoms with Crippen molar-refractivity contribution in [3.63, 3.8) is 0 Å². The second kappa shape index (κ2) is 19.0. The minimum absolute atomic E-state index is 0. The highest BCUT2D eigenvalue weighted by Crippen LogP contribution is 2.10. The van der Waals surface area contributed by atoms with Crippen LogP contribution in [0, 0.1) is 0 Å². The molecule has 0 saturated heterocycles. The van der Waals surface area contributed by atoms with Gasteiger partial charge < -0.3 is 21.3 Å². The van der Waals surface area contributed by atoms with E-state index in [-0.39, 0.29) is 18.5 Å². The highest BCUT2D eigenvalue weighted by atomic mass is 35.5. The third-order valence-corrected chi connectivity index (χ3v) is 4.21. The first-order chi connectivity index (χ1) is 11.1. The summed E-state index contributed by atoms with van der Waals surface area (Å²) in [6, 6.07) is -0.748. The lowest BCUT2D eigenvalue weighted by atomic mass is 10.1. The Bertz CT molecular complexity index is 281. The highest BCUT2D eigenvalue weighted by Gasteiger charge is 2.10. The molecule has 0 aromatic rings. The van der Waals surface area contributed by atoms with Gasteiger partial charge in [-0.05, 0) is 25.8 Å². The average molecular weight is 367 g/mol. The molecule has 0 aromatic carbocycles. The molecule has 6 heteroatoms. The Kier molecular flexibility index (Phi) is 20.5. The zero-order chi connectivity index (χ0) is 17.3. The summed E-state index contributed by atoms with van der Waals surface area (Å²) in [5.74, 6) is -0.932. The van der Waals surface area contributed by atoms with Gasteiger partial charge in [-0.15, -0.1) is 12.4 Å². The van der Waals surface area contributed by atoms with Crippen molar-refractivity contribution < 1.29 is 15.0 Å². The molecule has 0 spiro atoms. The minimum Gasteiger partial charge on any atom is -0.480 e. The van der Waals surface area contributed by atoms with Gasteiger partial charge in [0, 0.05) is 6.54 Å². The molecule has 0 amide bonds. The van der Waals surface area contributed by atoms with Crippen LogP contribution in [0.4, 0.5) is 0 Å². The number of carbonyl (C=O) groups is 1. The van der Waals surface area contributed by atoms with Crippen molar-refractivity contribution in [2.45, 2.75) is 96.1 Å². The summed E-state index contributed by atoms with van der Waals surface area (Å²) < 4.78 is 0. The van der Waals surface area contributed by atoms with E-state index in [0.29, 0.717) is 13.0 Å². The Morgan fingerprint density at radius 2 is 1.50 bits per heavy atom. The number of carboxylic acids is 1. The number of aliphatic hydroxyl groups is 1. The summed E-state index contributed by atoms with van der Waals surface area (Å²) in [6.07, 6.45) is 13.1. The molecular formula is C18H39ClN2O3. The first kappa shape index (κ1) is 25.9. The second-order valence-corrected chi connectivity index (χ2v) is 6.56. The van der Waals surface area contributed by atoms with Crippen LogP contribution in [-0.4, -0.2) is 41.4 Å². The largest absolute Gasteiger partial charge is 0.480 e. The maximum absolute atomic E-state index is 10.5. The molecule has 0 aliphatic heterocycles. The van der Waals surface area contributed by atoms with Gasteiger partial charge >= 0.3 is 5.97 Å². The molecule has 5 N–H and O–H groups in total. The van der Waals surface area contributed by atoms with Gasteiger partial charge in [0.1, 0.15) is 6.04 Å². The fourth-order valence-electron chi connectivity index (χ4n) is 2.62. The molecule has 146 valence electrons. The van der Waals surface area contributed by atoms with Crippen LogP contribution in [0.25, 0.3) is 0 Å². The number of hydrogen-bond acceptors (Lipinski definition) is 4. The summed E-state index contributed by atoms with van der Waals surface area (Å²) in [6.45, 7) is 3.67. The monoisotopic (exact) mass is 366 g/mol. The number of carboxylic acid groups (broad SMARTS) is 1. The van der Waals surface area contributed by atoms with Crippen molar-refractivity contribution in [1.29, 1.82) is 0 Å². The van der Waals surface area contributed by atoms with Crippen molar-refractivity contribution in [2.75, 3.05) is 13.1 Å². The Balaban J connectivity index is 0. The molecule has 0 fully saturated rings. The molecule has 1 unspecified atom stereocenters. The van der Waals surface area contributed by atoms with Crippen molar-refractivity contribution in [3.05, 3.63) is 0 Å². The fraction of sp³-hybridized carbons (Fsp3) is 0.944. The number of aliphatic hydroxyl groups excluding tert-OH is 1. The first-order valence-electron chi connectivity index (χ1n) is 9.45. The summed E-state index contributed by atoms with van der Waals surface area (Å²) >= 11 is 0. The molecule has 2 atom stereocenters. The van der Waals surface area contributed by atoms with Gasteiger partial charge in [-0.25, -0.2) is 0 Å². The maximum atomic E-state index is 10.5. The van der Waals surface area contributed by atoms with Crippen molar-refractivity contribution >= 4 is 18.4 Å². The van der Waals surface area contributed by atoms with Crippen molar-refractivity contribution in [1.82, 2.24) is 5.32 Å². The summed E-state index contributed by atoms with van der Waals surface area (Å²) in [7, 11) is 0. The van der Waals surface area contributed by atoms with E-state index in [1.165, 1.54) is 44.9 Å². The fourth-order valence-corrected chi connectivity index (χ4v) is 2.62. The third kappa shape index (κ3) is 18.0. The van der Waals surface area contributed by atoms with E-state index in [9.17, 15) is 9.90 Å². The lowest BCUT2D eigenvalue weighted by molar-refractivity contribution is -0.138. The van der Waals surface area contributed by atoms with Gasteiger partial charge in [0.2, 0.25) is 0 Å². The standard InChI is InChI=1S/C18H38N2O3.ClH/c1-2-3-4-5-6-7-8-9-12-16(21)15-20-14-11-10-13-17(19)18(22)23;/h16-17,20-21H,2-15,19H2,1H3,(H,22,23);1H/t16?,17-;/m0./s1. The number of unbranched alkanes of at least 4 members (excludes halogenated alkanes) is 8. The predicted molar refractivity (Wildman–Crippen MR) is 103 cm³/mol. The zero-order valence-corrected chi connectivity index (χ0v) is 16.2. The summed E-state index contributed by atoms with van der Waals surface area (Å²) in [5.41, 5.74) is 5.43. The van der Waals surface area contributed by atoms with Crippen molar-refractivity contribution in [3.8, 4) is 0 Å². The molecule has 0 radical (unpaired) electrons. The van der Waals surface area contributed by atoms with Gasteiger partial charge in [-0.1, -0.05) is 64.7 Å². The number of rotatable bonds is 17. The van der Waals surface area contributed by atoms with Crippen molar-refractivity contribution in [2.24, 2.45) is 5.73 Å². The minimum atomic E-state index is -0.932. The summed E-state index contributed by atoms with van der Waals surface area (Å²) in [4.78, 5) is 10.5. The highest BCUT2D eigenvalue weighted by molar-refractivity contribution is 5.85. The number of hydrogen-bond donors (Lipinski definition) is 4. The van der Waals surface area contributed by atoms with Crippen LogP contribution in [0.5, 0.6) is 0 Å².